The van der Waals surface area contributed by atoms with Crippen LogP contribution in [0.4, 0.5) is 0 Å². The van der Waals surface area contributed by atoms with E-state index in [0.717, 1.165) is 92.0 Å². The van der Waals surface area contributed by atoms with Crippen LogP contribution in [0.2, 0.25) is 0 Å². The number of phosphoric acid groups is 1. The number of hydrogen-bond donors (Lipinski definition) is 6. The smallest absolute Gasteiger partial charge is 0.102 e. The summed E-state index contributed by atoms with van der Waals surface area (Å²) in [5, 5.41) is 56.9. The third-order valence-electron chi connectivity index (χ3n) is 15.4. The molecule has 0 aliphatic rings. The van der Waals surface area contributed by atoms with E-state index in [-0.39, 0.29) is 39.6 Å². The van der Waals surface area contributed by atoms with Crippen molar-refractivity contribution < 1.29 is 63.3 Å². The van der Waals surface area contributed by atoms with E-state index in [1.54, 1.807) is 0 Å². The second-order valence-corrected chi connectivity index (χ2v) is 23.0. The van der Waals surface area contributed by atoms with Crippen LogP contribution in [0.1, 0.15) is 273 Å². The summed E-state index contributed by atoms with van der Waals surface area (Å²) in [4.78, 5) is 25.6. The zero-order valence-corrected chi connectivity index (χ0v) is 51.2. The predicted molar refractivity (Wildman–Crippen MR) is 310 cm³/mol. The third-order valence-corrected chi connectivity index (χ3v) is 15.4. The molecular weight excluding hydrogens is 954 g/mol. The molecule has 13 nitrogen and oxygen atoms in total. The van der Waals surface area contributed by atoms with Crippen LogP contribution in [0.25, 0.3) is 0 Å². The molecule has 0 atom stereocenters. The van der Waals surface area contributed by atoms with E-state index in [2.05, 4.69) is 41.5 Å². The van der Waals surface area contributed by atoms with Gasteiger partial charge in [0.15, 0.2) is 0 Å². The molecule has 0 saturated carbocycles. The first-order valence-corrected chi connectivity index (χ1v) is 33.1. The average molecular weight is 1090 g/mol. The van der Waals surface area contributed by atoms with E-state index in [0.29, 0.717) is 0 Å². The van der Waals surface area contributed by atoms with Crippen molar-refractivity contribution in [2.24, 2.45) is 0 Å². The maximum absolute atomic E-state index is 9.48. The second-order valence-electron chi connectivity index (χ2n) is 22.1. The maximum atomic E-state index is 9.48. The van der Waals surface area contributed by atoms with Crippen LogP contribution in [-0.4, -0.2) is 162 Å². The number of quaternary nitrogens is 3. The van der Waals surface area contributed by atoms with Crippen molar-refractivity contribution in [2.45, 2.75) is 273 Å². The van der Waals surface area contributed by atoms with Crippen LogP contribution in [-0.2, 0) is 4.57 Å². The molecule has 6 N–H and O–H groups in total. The average Bonchev–Trinajstić information content (AvgIpc) is 3.36. The summed E-state index contributed by atoms with van der Waals surface area (Å²) < 4.78 is 11.3. The summed E-state index contributed by atoms with van der Waals surface area (Å²) in [5.74, 6) is 0. The Hall–Kier alpha value is -0.250. The van der Waals surface area contributed by atoms with Crippen molar-refractivity contribution in [2.75, 3.05) is 118 Å². The van der Waals surface area contributed by atoms with Gasteiger partial charge in [0.25, 0.3) is 0 Å². The zero-order chi connectivity index (χ0) is 56.2. The fourth-order valence-corrected chi connectivity index (χ4v) is 10.7. The molecule has 0 aromatic carbocycles. The SMILES string of the molecule is CCCCCCCC[N+](CCO)(CCO)CCCCCCCC.CCCCCCCC[N+](CCO)(CCO)CCCCCCCC.CCCCCCCC[N+](CCO)(CCO)CCCCCCCC.O=P([O-])([O-])[O-]. The van der Waals surface area contributed by atoms with Gasteiger partial charge < -0.3 is 63.3 Å². The van der Waals surface area contributed by atoms with Crippen molar-refractivity contribution in [1.29, 1.82) is 0 Å². The summed E-state index contributed by atoms with van der Waals surface area (Å²) >= 11 is 0. The minimum Gasteiger partial charge on any atom is -0.822 e. The lowest BCUT2D eigenvalue weighted by Gasteiger charge is -2.38. The molecular formula is C60H132N3O10P. The fourth-order valence-electron chi connectivity index (χ4n) is 10.7. The number of hydrogen-bond acceptors (Lipinski definition) is 10. The monoisotopic (exact) mass is 1090 g/mol. The number of aliphatic hydroxyl groups is 6. The Morgan fingerprint density at radius 1 is 0.230 bits per heavy atom. The topological polar surface area (TPSA) is 208 Å². The van der Waals surface area contributed by atoms with Gasteiger partial charge in [-0.1, -0.05) is 196 Å². The van der Waals surface area contributed by atoms with Gasteiger partial charge >= 0.3 is 0 Å². The van der Waals surface area contributed by atoms with E-state index in [1.165, 1.54) is 231 Å². The quantitative estimate of drug-likeness (QED) is 0.0193. The molecule has 0 radical (unpaired) electrons. The second kappa shape index (κ2) is 62.0. The van der Waals surface area contributed by atoms with Gasteiger partial charge in [0.05, 0.1) is 78.9 Å². The van der Waals surface area contributed by atoms with Gasteiger partial charge in [-0.3, -0.25) is 0 Å². The Labute approximate surface area is 460 Å². The summed E-state index contributed by atoms with van der Waals surface area (Å²) in [6, 6.07) is 0. The minimum absolute atomic E-state index is 0.242. The highest BCUT2D eigenvalue weighted by atomic mass is 31.2. The van der Waals surface area contributed by atoms with Gasteiger partial charge in [-0.25, -0.2) is 0 Å². The molecule has 0 aliphatic carbocycles. The van der Waals surface area contributed by atoms with Crippen molar-refractivity contribution in [3.8, 4) is 0 Å². The first kappa shape index (κ1) is 80.2. The predicted octanol–water partition coefficient (Wildman–Crippen LogP) is 10.7. The summed E-state index contributed by atoms with van der Waals surface area (Å²) in [6.07, 6.45) is 47.3. The standard InChI is InChI=1S/3C20H44NO2.H3O4P/c3*1-3-5-7-9-11-13-15-21(17-19-22,18-20-23)16-14-12-10-8-6-4-2;1-5(2,3)4/h3*22-23H,3-20H2,1-2H3;(H3,1,2,3,4)/q3*+1;/p-3. The van der Waals surface area contributed by atoms with Crippen molar-refractivity contribution >= 4 is 7.82 Å². The van der Waals surface area contributed by atoms with Gasteiger partial charge in [0, 0.05) is 0 Å². The number of unbranched alkanes of at least 4 members (excludes halogenated alkanes) is 30. The number of rotatable bonds is 54. The largest absolute Gasteiger partial charge is 0.822 e. The molecule has 0 aliphatic heterocycles. The molecule has 14 heteroatoms. The van der Waals surface area contributed by atoms with Crippen LogP contribution in [0, 0.1) is 0 Å². The maximum Gasteiger partial charge on any atom is 0.102 e. The molecule has 74 heavy (non-hydrogen) atoms. The molecule has 0 spiro atoms. The molecule has 0 heterocycles. The lowest BCUT2D eigenvalue weighted by Crippen LogP contribution is -2.52. The van der Waals surface area contributed by atoms with Crippen molar-refractivity contribution in [3.63, 3.8) is 0 Å². The van der Waals surface area contributed by atoms with Crippen molar-refractivity contribution in [1.82, 2.24) is 0 Å². The van der Waals surface area contributed by atoms with Crippen LogP contribution in [0.5, 0.6) is 0 Å². The molecule has 0 aromatic rings. The van der Waals surface area contributed by atoms with E-state index in [1.807, 2.05) is 0 Å². The Balaban J connectivity index is -0.000000473. The van der Waals surface area contributed by atoms with Crippen LogP contribution in [0.3, 0.4) is 0 Å². The first-order valence-electron chi connectivity index (χ1n) is 31.7. The molecule has 0 fully saturated rings. The molecule has 452 valence electrons. The summed E-state index contributed by atoms with van der Waals surface area (Å²) in [7, 11) is -5.39. The van der Waals surface area contributed by atoms with Crippen LogP contribution in [0.15, 0.2) is 0 Å². The lowest BCUT2D eigenvalue weighted by molar-refractivity contribution is -0.929. The highest BCUT2D eigenvalue weighted by molar-refractivity contribution is 7.40. The molecule has 0 rings (SSSR count). The van der Waals surface area contributed by atoms with Gasteiger partial charge in [-0.05, 0) is 77.0 Å². The third kappa shape index (κ3) is 59.4. The minimum atomic E-state index is -5.39. The first-order chi connectivity index (χ1) is 35.7. The Bertz CT molecular complexity index is 897. The zero-order valence-electron chi connectivity index (χ0n) is 50.3. The highest BCUT2D eigenvalue weighted by Crippen LogP contribution is 2.19. The van der Waals surface area contributed by atoms with Crippen LogP contribution < -0.4 is 14.7 Å². The number of nitrogens with zero attached hydrogens (tertiary/aromatic N) is 3. The highest BCUT2D eigenvalue weighted by Gasteiger charge is 2.27. The van der Waals surface area contributed by atoms with Gasteiger partial charge in [-0.2, -0.15) is 7.82 Å². The Kier molecular flexibility index (Phi) is 67.2. The number of aliphatic hydroxyl groups excluding tert-OH is 6. The molecule has 0 saturated heterocycles. The lowest BCUT2D eigenvalue weighted by atomic mass is 10.1. The summed E-state index contributed by atoms with van der Waals surface area (Å²) in [6.45, 7) is 26.6. The van der Waals surface area contributed by atoms with Gasteiger partial charge in [0.2, 0.25) is 0 Å². The molecule has 0 unspecified atom stereocenters. The van der Waals surface area contributed by atoms with E-state index in [9.17, 15) is 30.6 Å². The summed E-state index contributed by atoms with van der Waals surface area (Å²) in [5.41, 5.74) is 0. The van der Waals surface area contributed by atoms with Crippen LogP contribution >= 0.6 is 7.82 Å². The molecule has 0 bridgehead atoms. The Morgan fingerprint density at radius 2 is 0.338 bits per heavy atom. The van der Waals surface area contributed by atoms with Gasteiger partial charge in [-0.15, -0.1) is 0 Å². The van der Waals surface area contributed by atoms with Gasteiger partial charge in [0.1, 0.15) is 39.3 Å². The molecule has 0 amide bonds. The van der Waals surface area contributed by atoms with Crippen molar-refractivity contribution in [3.05, 3.63) is 0 Å². The fraction of sp³-hybridized carbons (Fsp3) is 1.00. The van der Waals surface area contributed by atoms with E-state index in [4.69, 9.17) is 19.2 Å². The Morgan fingerprint density at radius 3 is 0.446 bits per heavy atom. The molecule has 0 aromatic heterocycles. The van der Waals surface area contributed by atoms with E-state index < -0.39 is 7.82 Å². The van der Waals surface area contributed by atoms with E-state index >= 15 is 0 Å². The normalized spacial score (nSPS) is 12.0.